The highest BCUT2D eigenvalue weighted by Crippen LogP contribution is 2.55. The number of ketones is 2. The molecule has 0 fully saturated rings. The summed E-state index contributed by atoms with van der Waals surface area (Å²) in [5.74, 6) is 1.07. The van der Waals surface area contributed by atoms with E-state index >= 15 is 0 Å². The fraction of sp³-hybridized carbons (Fsp3) is 0.543. The number of allylic oxidation sites excluding steroid dienone is 5. The maximum atomic E-state index is 14.1. The van der Waals surface area contributed by atoms with Gasteiger partial charge in [0.05, 0.1) is 6.61 Å². The summed E-state index contributed by atoms with van der Waals surface area (Å²) in [5, 5.41) is 0. The molecule has 6 heteroatoms. The molecule has 4 rings (SSSR count). The van der Waals surface area contributed by atoms with Crippen LogP contribution in [-0.2, 0) is 20.7 Å². The number of methoxy groups -OCH3 is 1. The van der Waals surface area contributed by atoms with Gasteiger partial charge in [0.15, 0.2) is 23.1 Å². The SMILES string of the molecule is C=CCOc1c(CC=C)cc(C2C3=C(CC(C)(C)CC3=O)N(CCCOC)C3=C2C(=O)CC(C)(C)C3)cc1OCC. The molecule has 0 aromatic heterocycles. The molecule has 1 aromatic carbocycles. The molecule has 0 atom stereocenters. The standard InChI is InChI=1S/C35H47NO5/c1-9-13-23-17-24(18-29(40-11-3)33(23)41-15-10-2)30-31-25(19-34(4,5)21-27(31)37)36(14-12-16-39-8)26-20-35(6,7)22-28(38)32(26)30/h9-10,17-18,30H,1-2,11-16,19-22H2,3-8H3. The van der Waals surface area contributed by atoms with Gasteiger partial charge in [-0.3, -0.25) is 9.59 Å². The topological polar surface area (TPSA) is 65.1 Å². The van der Waals surface area contributed by atoms with Gasteiger partial charge in [-0.2, -0.15) is 0 Å². The van der Waals surface area contributed by atoms with Crippen molar-refractivity contribution in [1.82, 2.24) is 4.90 Å². The van der Waals surface area contributed by atoms with Crippen LogP contribution in [0.1, 0.15) is 83.8 Å². The fourth-order valence-electron chi connectivity index (χ4n) is 6.74. The van der Waals surface area contributed by atoms with E-state index in [4.69, 9.17) is 14.2 Å². The monoisotopic (exact) mass is 561 g/mol. The van der Waals surface area contributed by atoms with Crippen molar-refractivity contribution in [3.05, 3.63) is 71.1 Å². The molecule has 0 unspecified atom stereocenters. The number of carbonyl (C=O) groups excluding carboxylic acids is 2. The van der Waals surface area contributed by atoms with Crippen molar-refractivity contribution in [1.29, 1.82) is 0 Å². The van der Waals surface area contributed by atoms with Crippen LogP contribution < -0.4 is 9.47 Å². The summed E-state index contributed by atoms with van der Waals surface area (Å²) in [5.41, 5.74) is 5.13. The molecule has 1 aromatic rings. The molecule has 2 aliphatic carbocycles. The highest BCUT2D eigenvalue weighted by Gasteiger charge is 2.49. The Bertz CT molecular complexity index is 1230. The summed E-state index contributed by atoms with van der Waals surface area (Å²) in [6.45, 7) is 20.5. The Morgan fingerprint density at radius 1 is 0.927 bits per heavy atom. The molecule has 0 saturated heterocycles. The van der Waals surface area contributed by atoms with Crippen molar-refractivity contribution in [2.24, 2.45) is 10.8 Å². The van der Waals surface area contributed by atoms with Gasteiger partial charge in [-0.15, -0.1) is 6.58 Å². The number of Topliss-reactive ketones (excluding diaryl/α,β-unsaturated/α-hetero) is 2. The van der Waals surface area contributed by atoms with Crippen LogP contribution in [-0.4, -0.2) is 49.9 Å². The van der Waals surface area contributed by atoms with E-state index in [9.17, 15) is 9.59 Å². The summed E-state index contributed by atoms with van der Waals surface area (Å²) >= 11 is 0. The molecule has 3 aliphatic rings. The smallest absolute Gasteiger partial charge is 0.165 e. The first-order valence-electron chi connectivity index (χ1n) is 14.9. The molecular weight excluding hydrogens is 514 g/mol. The highest BCUT2D eigenvalue weighted by atomic mass is 16.5. The van der Waals surface area contributed by atoms with Crippen molar-refractivity contribution < 1.29 is 23.8 Å². The zero-order valence-electron chi connectivity index (χ0n) is 25.9. The van der Waals surface area contributed by atoms with Gasteiger partial charge in [-0.05, 0) is 55.1 Å². The van der Waals surface area contributed by atoms with Crippen molar-refractivity contribution in [3.8, 4) is 11.5 Å². The lowest BCUT2D eigenvalue weighted by molar-refractivity contribution is -0.119. The Morgan fingerprint density at radius 3 is 2.05 bits per heavy atom. The van der Waals surface area contributed by atoms with E-state index < -0.39 is 5.92 Å². The summed E-state index contributed by atoms with van der Waals surface area (Å²) in [7, 11) is 1.71. The third-order valence-corrected chi connectivity index (χ3v) is 8.25. The van der Waals surface area contributed by atoms with Gasteiger partial charge in [0.1, 0.15) is 6.61 Å². The summed E-state index contributed by atoms with van der Waals surface area (Å²) in [6, 6.07) is 4.07. The van der Waals surface area contributed by atoms with Crippen LogP contribution in [0, 0.1) is 10.8 Å². The lowest BCUT2D eigenvalue weighted by Gasteiger charge is -2.49. The van der Waals surface area contributed by atoms with Crippen molar-refractivity contribution in [2.45, 2.75) is 79.1 Å². The van der Waals surface area contributed by atoms with Crippen LogP contribution in [0.5, 0.6) is 11.5 Å². The van der Waals surface area contributed by atoms with Gasteiger partial charge in [0.2, 0.25) is 0 Å². The van der Waals surface area contributed by atoms with Crippen molar-refractivity contribution in [2.75, 3.05) is 33.5 Å². The first-order valence-corrected chi connectivity index (χ1v) is 14.9. The predicted octanol–water partition coefficient (Wildman–Crippen LogP) is 7.10. The lowest BCUT2D eigenvalue weighted by Crippen LogP contribution is -2.44. The Morgan fingerprint density at radius 2 is 1.54 bits per heavy atom. The quantitative estimate of drug-likeness (QED) is 0.200. The van der Waals surface area contributed by atoms with E-state index in [1.54, 1.807) is 13.2 Å². The van der Waals surface area contributed by atoms with Gasteiger partial charge < -0.3 is 19.1 Å². The van der Waals surface area contributed by atoms with E-state index in [1.165, 1.54) is 0 Å². The van der Waals surface area contributed by atoms with E-state index in [-0.39, 0.29) is 22.4 Å². The Labute approximate surface area is 246 Å². The van der Waals surface area contributed by atoms with Gasteiger partial charge >= 0.3 is 0 Å². The number of hydrogen-bond acceptors (Lipinski definition) is 6. The van der Waals surface area contributed by atoms with Gasteiger partial charge in [-0.25, -0.2) is 0 Å². The molecule has 41 heavy (non-hydrogen) atoms. The van der Waals surface area contributed by atoms with Crippen LogP contribution in [0.15, 0.2) is 60.0 Å². The minimum absolute atomic E-state index is 0.123. The van der Waals surface area contributed by atoms with Crippen molar-refractivity contribution >= 4 is 11.6 Å². The normalized spacial score (nSPS) is 20.1. The number of carbonyl (C=O) groups is 2. The van der Waals surface area contributed by atoms with Gasteiger partial charge in [0.25, 0.3) is 0 Å². The average molecular weight is 562 g/mol. The number of hydrogen-bond donors (Lipinski definition) is 0. The molecule has 0 radical (unpaired) electrons. The zero-order valence-corrected chi connectivity index (χ0v) is 25.9. The van der Waals surface area contributed by atoms with Gasteiger partial charge in [-0.1, -0.05) is 52.5 Å². The molecule has 0 spiro atoms. The van der Waals surface area contributed by atoms with Crippen LogP contribution in [0.25, 0.3) is 0 Å². The van der Waals surface area contributed by atoms with Crippen LogP contribution >= 0.6 is 0 Å². The van der Waals surface area contributed by atoms with E-state index in [0.717, 1.165) is 52.9 Å². The van der Waals surface area contributed by atoms with E-state index in [1.807, 2.05) is 19.1 Å². The highest BCUT2D eigenvalue weighted by molar-refractivity contribution is 6.06. The maximum Gasteiger partial charge on any atom is 0.165 e. The molecule has 0 N–H and O–H groups in total. The molecule has 222 valence electrons. The zero-order chi connectivity index (χ0) is 29.9. The largest absolute Gasteiger partial charge is 0.490 e. The summed E-state index contributed by atoms with van der Waals surface area (Å²) in [4.78, 5) is 30.5. The molecule has 1 heterocycles. The Hall–Kier alpha value is -3.12. The molecule has 1 aliphatic heterocycles. The molecule has 6 nitrogen and oxygen atoms in total. The first-order chi connectivity index (χ1) is 19.5. The summed E-state index contributed by atoms with van der Waals surface area (Å²) in [6.07, 6.45) is 7.39. The Balaban J connectivity index is 2.01. The average Bonchev–Trinajstić information content (AvgIpc) is 2.87. The molecular formula is C35H47NO5. The molecule has 0 bridgehead atoms. The minimum atomic E-state index is -0.442. The third kappa shape index (κ3) is 6.38. The maximum absolute atomic E-state index is 14.1. The second-order valence-electron chi connectivity index (χ2n) is 13.1. The molecule has 0 saturated carbocycles. The van der Waals surface area contributed by atoms with Crippen LogP contribution in [0.4, 0.5) is 0 Å². The Kier molecular flexibility index (Phi) is 9.32. The van der Waals surface area contributed by atoms with Crippen LogP contribution in [0.3, 0.4) is 0 Å². The number of ether oxygens (including phenoxy) is 3. The number of rotatable bonds is 12. The predicted molar refractivity (Wildman–Crippen MR) is 163 cm³/mol. The van der Waals surface area contributed by atoms with Crippen LogP contribution in [0.2, 0.25) is 0 Å². The van der Waals surface area contributed by atoms with E-state index in [2.05, 4.69) is 51.8 Å². The number of nitrogens with zero attached hydrogens (tertiary/aromatic N) is 1. The van der Waals surface area contributed by atoms with E-state index in [0.29, 0.717) is 57.1 Å². The van der Waals surface area contributed by atoms with Crippen molar-refractivity contribution in [3.63, 3.8) is 0 Å². The second-order valence-corrected chi connectivity index (χ2v) is 13.1. The second kappa shape index (κ2) is 12.4. The van der Waals surface area contributed by atoms with Gasteiger partial charge in [0, 0.05) is 67.1 Å². The lowest BCUT2D eigenvalue weighted by atomic mass is 9.63. The third-order valence-electron chi connectivity index (χ3n) is 8.25. The summed E-state index contributed by atoms with van der Waals surface area (Å²) < 4.78 is 17.6. The molecule has 0 amide bonds. The number of benzene rings is 1. The first kappa shape index (κ1) is 30.8. The minimum Gasteiger partial charge on any atom is -0.490 e. The fourth-order valence-corrected chi connectivity index (χ4v) is 6.74.